The van der Waals surface area contributed by atoms with Crippen LogP contribution in [0.1, 0.15) is 25.3 Å². The summed E-state index contributed by atoms with van der Waals surface area (Å²) in [5.41, 5.74) is 0.737. The summed E-state index contributed by atoms with van der Waals surface area (Å²) in [5, 5.41) is 20.9. The molecule has 1 amide bonds. The smallest absolute Gasteiger partial charge is 0.261 e. The fraction of sp³-hybridized carbons (Fsp3) is 0.375. The van der Waals surface area contributed by atoms with Crippen molar-refractivity contribution < 1.29 is 14.6 Å². The number of hydrogen-bond donors (Lipinski definition) is 2. The van der Waals surface area contributed by atoms with Crippen LogP contribution in [0.3, 0.4) is 0 Å². The molecule has 2 N–H and O–H groups in total. The van der Waals surface area contributed by atoms with Crippen LogP contribution < -0.4 is 5.32 Å². The number of carbonyl (C=O) groups excluding carboxylic acids is 1. The molecule has 21 heavy (non-hydrogen) atoms. The first-order valence-corrected chi connectivity index (χ1v) is 6.94. The van der Waals surface area contributed by atoms with E-state index in [0.717, 1.165) is 12.8 Å². The Labute approximate surface area is 124 Å². The zero-order valence-electron chi connectivity index (χ0n) is 12.1. The second-order valence-electron chi connectivity index (χ2n) is 4.42. The Morgan fingerprint density at radius 3 is 2.71 bits per heavy atom. The number of unbranched alkanes of at least 4 members (excludes halogenated alkanes) is 1. The minimum absolute atomic E-state index is 0.0468. The van der Waals surface area contributed by atoms with Crippen LogP contribution in [0.4, 0.5) is 0 Å². The van der Waals surface area contributed by atoms with E-state index in [-0.39, 0.29) is 17.2 Å². The number of aromatic hydroxyl groups is 1. The van der Waals surface area contributed by atoms with Crippen molar-refractivity contribution in [1.29, 1.82) is 5.26 Å². The van der Waals surface area contributed by atoms with Gasteiger partial charge in [-0.1, -0.05) is 12.1 Å². The highest BCUT2D eigenvalue weighted by atomic mass is 16.5. The van der Waals surface area contributed by atoms with E-state index in [2.05, 4.69) is 5.32 Å². The Morgan fingerprint density at radius 1 is 1.38 bits per heavy atom. The van der Waals surface area contributed by atoms with Gasteiger partial charge in [-0.15, -0.1) is 0 Å². The number of phenols is 1. The quantitative estimate of drug-likeness (QED) is 0.436. The maximum atomic E-state index is 11.9. The summed E-state index contributed by atoms with van der Waals surface area (Å²) in [5.74, 6) is -0.244. The molecule has 0 atom stereocenters. The first kappa shape index (κ1) is 16.7. The number of phenolic OH excluding ortho intramolecular Hbond substituents is 1. The summed E-state index contributed by atoms with van der Waals surface area (Å²) in [4.78, 5) is 11.9. The largest absolute Gasteiger partial charge is 0.508 e. The van der Waals surface area contributed by atoms with E-state index in [1.165, 1.54) is 18.2 Å². The van der Waals surface area contributed by atoms with Crippen molar-refractivity contribution in [3.05, 3.63) is 35.4 Å². The molecule has 5 nitrogen and oxygen atoms in total. The van der Waals surface area contributed by atoms with Crippen LogP contribution >= 0.6 is 0 Å². The van der Waals surface area contributed by atoms with Crippen LogP contribution in [0, 0.1) is 11.3 Å². The lowest BCUT2D eigenvalue weighted by atomic mass is 10.1. The predicted molar refractivity (Wildman–Crippen MR) is 80.4 cm³/mol. The van der Waals surface area contributed by atoms with E-state index < -0.39 is 0 Å². The number of carbonyl (C=O) groups is 1. The van der Waals surface area contributed by atoms with Crippen LogP contribution in [-0.2, 0) is 9.53 Å². The second kappa shape index (κ2) is 9.56. The van der Waals surface area contributed by atoms with E-state index in [0.29, 0.717) is 25.3 Å². The number of nitriles is 1. The van der Waals surface area contributed by atoms with Gasteiger partial charge in [0.1, 0.15) is 17.4 Å². The van der Waals surface area contributed by atoms with Gasteiger partial charge in [0.05, 0.1) is 0 Å². The zero-order chi connectivity index (χ0) is 15.5. The molecule has 0 spiro atoms. The van der Waals surface area contributed by atoms with Crippen LogP contribution in [0.25, 0.3) is 6.08 Å². The number of nitrogens with one attached hydrogen (secondary N) is 1. The molecular weight excluding hydrogens is 268 g/mol. The number of nitrogens with zero attached hydrogens (tertiary/aromatic N) is 1. The minimum atomic E-state index is -0.387. The Kier molecular flexibility index (Phi) is 7.62. The first-order chi connectivity index (χ1) is 10.2. The maximum absolute atomic E-state index is 11.9. The summed E-state index contributed by atoms with van der Waals surface area (Å²) < 4.78 is 5.20. The molecule has 1 aromatic rings. The molecule has 5 heteroatoms. The molecule has 0 fully saturated rings. The Hall–Kier alpha value is -2.32. The van der Waals surface area contributed by atoms with E-state index >= 15 is 0 Å². The van der Waals surface area contributed by atoms with Gasteiger partial charge in [0, 0.05) is 19.8 Å². The third kappa shape index (κ3) is 6.59. The summed E-state index contributed by atoms with van der Waals surface area (Å²) in [6.07, 6.45) is 3.18. The molecule has 0 aromatic heterocycles. The van der Waals surface area contributed by atoms with Crippen LogP contribution in [-0.4, -0.2) is 30.8 Å². The zero-order valence-corrected chi connectivity index (χ0v) is 12.1. The van der Waals surface area contributed by atoms with Crippen molar-refractivity contribution in [2.45, 2.75) is 19.8 Å². The molecule has 1 rings (SSSR count). The number of hydrogen-bond acceptors (Lipinski definition) is 4. The van der Waals surface area contributed by atoms with Crippen molar-refractivity contribution in [2.24, 2.45) is 0 Å². The summed E-state index contributed by atoms with van der Waals surface area (Å²) in [7, 11) is 0. The van der Waals surface area contributed by atoms with Gasteiger partial charge in [-0.2, -0.15) is 5.26 Å². The molecule has 0 aliphatic rings. The summed E-state index contributed by atoms with van der Waals surface area (Å²) in [6, 6.07) is 8.18. The van der Waals surface area contributed by atoms with E-state index in [1.54, 1.807) is 12.1 Å². The highest BCUT2D eigenvalue weighted by molar-refractivity contribution is 6.01. The van der Waals surface area contributed by atoms with E-state index in [1.807, 2.05) is 13.0 Å². The fourth-order valence-corrected chi connectivity index (χ4v) is 1.66. The second-order valence-corrected chi connectivity index (χ2v) is 4.42. The van der Waals surface area contributed by atoms with Gasteiger partial charge in [-0.3, -0.25) is 4.79 Å². The number of amides is 1. The van der Waals surface area contributed by atoms with Crippen molar-refractivity contribution in [3.8, 4) is 11.8 Å². The Morgan fingerprint density at radius 2 is 2.10 bits per heavy atom. The highest BCUT2D eigenvalue weighted by Crippen LogP contribution is 2.12. The van der Waals surface area contributed by atoms with Crippen molar-refractivity contribution in [1.82, 2.24) is 5.32 Å². The van der Waals surface area contributed by atoms with Gasteiger partial charge in [0.2, 0.25) is 0 Å². The summed E-state index contributed by atoms with van der Waals surface area (Å²) in [6.45, 7) is 3.83. The van der Waals surface area contributed by atoms with E-state index in [9.17, 15) is 9.90 Å². The molecule has 0 bridgehead atoms. The number of ether oxygens (including phenoxy) is 1. The standard InChI is InChI=1S/C16H20N2O3/c1-2-21-10-4-3-9-18-16(20)14(12-17)11-13-5-7-15(19)8-6-13/h5-8,11,19H,2-4,9-10H2,1H3,(H,18,20)/b14-11+. The molecule has 1 aromatic carbocycles. The van der Waals surface area contributed by atoms with Gasteiger partial charge < -0.3 is 15.2 Å². The molecule has 0 aliphatic heterocycles. The molecule has 112 valence electrons. The van der Waals surface area contributed by atoms with E-state index in [4.69, 9.17) is 10.00 Å². The minimum Gasteiger partial charge on any atom is -0.508 e. The average Bonchev–Trinajstić information content (AvgIpc) is 2.50. The fourth-order valence-electron chi connectivity index (χ4n) is 1.66. The lowest BCUT2D eigenvalue weighted by Gasteiger charge is -2.04. The molecule has 0 saturated heterocycles. The average molecular weight is 288 g/mol. The molecule has 0 heterocycles. The van der Waals surface area contributed by atoms with Crippen molar-refractivity contribution in [2.75, 3.05) is 19.8 Å². The number of rotatable bonds is 8. The van der Waals surface area contributed by atoms with Gasteiger partial charge in [-0.25, -0.2) is 0 Å². The first-order valence-electron chi connectivity index (χ1n) is 6.94. The molecule has 0 saturated carbocycles. The van der Waals surface area contributed by atoms with Gasteiger partial charge in [-0.05, 0) is 43.5 Å². The molecule has 0 aliphatic carbocycles. The summed E-state index contributed by atoms with van der Waals surface area (Å²) >= 11 is 0. The molecular formula is C16H20N2O3. The molecule has 0 radical (unpaired) electrons. The third-order valence-electron chi connectivity index (χ3n) is 2.77. The van der Waals surface area contributed by atoms with Gasteiger partial charge in [0.25, 0.3) is 5.91 Å². The molecule has 0 unspecified atom stereocenters. The highest BCUT2D eigenvalue weighted by Gasteiger charge is 2.08. The van der Waals surface area contributed by atoms with Crippen molar-refractivity contribution >= 4 is 12.0 Å². The lowest BCUT2D eigenvalue weighted by Crippen LogP contribution is -2.25. The maximum Gasteiger partial charge on any atom is 0.261 e. The number of benzene rings is 1. The SMILES string of the molecule is CCOCCCCNC(=O)/C(C#N)=C/c1ccc(O)cc1. The topological polar surface area (TPSA) is 82.3 Å². The predicted octanol–water partition coefficient (Wildman–Crippen LogP) is 2.23. The normalized spacial score (nSPS) is 11.0. The lowest BCUT2D eigenvalue weighted by molar-refractivity contribution is -0.117. The van der Waals surface area contributed by atoms with Crippen LogP contribution in [0.2, 0.25) is 0 Å². The monoisotopic (exact) mass is 288 g/mol. The van der Waals surface area contributed by atoms with Gasteiger partial charge in [0.15, 0.2) is 0 Å². The van der Waals surface area contributed by atoms with Crippen LogP contribution in [0.15, 0.2) is 29.8 Å². The van der Waals surface area contributed by atoms with Gasteiger partial charge >= 0.3 is 0 Å². The Bertz CT molecular complexity index is 515. The Balaban J connectivity index is 2.46. The van der Waals surface area contributed by atoms with Crippen LogP contribution in [0.5, 0.6) is 5.75 Å². The van der Waals surface area contributed by atoms with Crippen molar-refractivity contribution in [3.63, 3.8) is 0 Å². The third-order valence-corrected chi connectivity index (χ3v) is 2.77.